The van der Waals surface area contributed by atoms with Crippen LogP contribution < -0.4 is 0 Å². The molecule has 2 heterocycles. The number of carbonyl (C=O) groups excluding carboxylic acids is 5. The normalized spacial score (nSPS) is 31.2. The number of likely N-dealkylation sites (tertiary alicyclic amines) is 2. The first kappa shape index (κ1) is 25.2. The van der Waals surface area contributed by atoms with Gasteiger partial charge in [0.1, 0.15) is 0 Å². The van der Waals surface area contributed by atoms with Gasteiger partial charge >= 0.3 is 5.97 Å². The van der Waals surface area contributed by atoms with Crippen molar-refractivity contribution >= 4 is 29.6 Å². The lowest BCUT2D eigenvalue weighted by atomic mass is 9.43. The van der Waals surface area contributed by atoms with E-state index in [1.807, 2.05) is 60.7 Å². The highest BCUT2D eigenvalue weighted by Gasteiger charge is 2.76. The van der Waals surface area contributed by atoms with Crippen molar-refractivity contribution in [3.05, 3.63) is 82.9 Å². The number of hydrogen-bond donors (Lipinski definition) is 0. The molecule has 0 spiro atoms. The highest BCUT2D eigenvalue weighted by Crippen LogP contribution is 2.68. The summed E-state index contributed by atoms with van der Waals surface area (Å²) in [5.74, 6) is -6.36. The molecule has 39 heavy (non-hydrogen) atoms. The minimum absolute atomic E-state index is 0.0967. The summed E-state index contributed by atoms with van der Waals surface area (Å²) < 4.78 is 5.42. The maximum atomic E-state index is 14.1. The highest BCUT2D eigenvalue weighted by atomic mass is 16.5. The fourth-order valence-corrected chi connectivity index (χ4v) is 7.77. The summed E-state index contributed by atoms with van der Waals surface area (Å²) in [5, 5.41) is 0. The number of amides is 4. The third-order valence-electron chi connectivity index (χ3n) is 9.23. The zero-order chi connectivity index (χ0) is 27.6. The molecule has 2 aliphatic heterocycles. The van der Waals surface area contributed by atoms with Crippen molar-refractivity contribution in [2.45, 2.75) is 33.9 Å². The first-order valence-corrected chi connectivity index (χ1v) is 13.4. The van der Waals surface area contributed by atoms with E-state index in [-0.39, 0.29) is 37.1 Å². The van der Waals surface area contributed by atoms with Gasteiger partial charge in [-0.3, -0.25) is 29.0 Å². The van der Waals surface area contributed by atoms with Crippen LogP contribution in [0.4, 0.5) is 0 Å². The monoisotopic (exact) mass is 526 g/mol. The second kappa shape index (κ2) is 9.00. The number of nitrogens with zero attached hydrogens (tertiary/aromatic N) is 2. The molecule has 3 fully saturated rings. The summed E-state index contributed by atoms with van der Waals surface area (Å²) in [7, 11) is 0. The maximum Gasteiger partial charge on any atom is 0.334 e. The van der Waals surface area contributed by atoms with Gasteiger partial charge in [0.25, 0.3) is 0 Å². The Bertz CT molecular complexity index is 1350. The zero-order valence-corrected chi connectivity index (χ0v) is 22.1. The Morgan fingerprint density at radius 2 is 1.18 bits per heavy atom. The number of hydrogen-bond acceptors (Lipinski definition) is 6. The molecule has 0 radical (unpaired) electrons. The van der Waals surface area contributed by atoms with E-state index in [2.05, 4.69) is 0 Å². The largest absolute Gasteiger partial charge is 0.463 e. The number of benzene rings is 2. The van der Waals surface area contributed by atoms with Crippen molar-refractivity contribution in [3.63, 3.8) is 0 Å². The van der Waals surface area contributed by atoms with Crippen molar-refractivity contribution in [1.82, 2.24) is 9.80 Å². The number of esters is 1. The summed E-state index contributed by atoms with van der Waals surface area (Å²) in [5.41, 5.74) is 1.07. The first-order chi connectivity index (χ1) is 18.7. The molecule has 0 N–H and O–H groups in total. The lowest BCUT2D eigenvalue weighted by molar-refractivity contribution is -0.155. The van der Waals surface area contributed by atoms with Crippen LogP contribution in [-0.4, -0.2) is 46.0 Å². The molecule has 3 aliphatic carbocycles. The van der Waals surface area contributed by atoms with Gasteiger partial charge in [0, 0.05) is 16.9 Å². The Hall–Kier alpha value is -4.07. The molecule has 0 unspecified atom stereocenters. The molecule has 4 amide bonds. The van der Waals surface area contributed by atoms with Crippen molar-refractivity contribution in [3.8, 4) is 0 Å². The van der Waals surface area contributed by atoms with Gasteiger partial charge in [-0.05, 0) is 25.0 Å². The van der Waals surface area contributed by atoms with E-state index in [9.17, 15) is 24.0 Å². The quantitative estimate of drug-likeness (QED) is 0.424. The van der Waals surface area contributed by atoms with Gasteiger partial charge < -0.3 is 4.74 Å². The van der Waals surface area contributed by atoms with Gasteiger partial charge in [0.2, 0.25) is 23.6 Å². The predicted molar refractivity (Wildman–Crippen MR) is 139 cm³/mol. The van der Waals surface area contributed by atoms with Crippen LogP contribution in [0.15, 0.2) is 71.8 Å². The number of rotatable bonds is 6. The molecular weight excluding hydrogens is 496 g/mol. The second-order valence-corrected chi connectivity index (χ2v) is 11.1. The van der Waals surface area contributed by atoms with Crippen LogP contribution in [0.3, 0.4) is 0 Å². The van der Waals surface area contributed by atoms with Crippen LogP contribution >= 0.6 is 0 Å². The summed E-state index contributed by atoms with van der Waals surface area (Å²) >= 11 is 0. The number of ether oxygens (including phenoxy) is 1. The first-order valence-electron chi connectivity index (χ1n) is 13.4. The molecular formula is C31H30N2O6. The van der Waals surface area contributed by atoms with Crippen molar-refractivity contribution < 1.29 is 28.7 Å². The summed E-state index contributed by atoms with van der Waals surface area (Å²) in [4.78, 5) is 71.9. The molecule has 200 valence electrons. The molecule has 7 rings (SSSR count). The average Bonchev–Trinajstić information content (AvgIpc) is 3.32. The summed E-state index contributed by atoms with van der Waals surface area (Å²) in [6.07, 6.45) is 0. The van der Waals surface area contributed by atoms with Gasteiger partial charge in [-0.25, -0.2) is 4.79 Å². The molecule has 2 saturated heterocycles. The van der Waals surface area contributed by atoms with E-state index in [0.29, 0.717) is 5.57 Å². The van der Waals surface area contributed by atoms with E-state index in [1.165, 1.54) is 9.80 Å². The minimum atomic E-state index is -1.36. The van der Waals surface area contributed by atoms with E-state index in [0.717, 1.165) is 11.1 Å². The molecule has 2 bridgehead atoms. The van der Waals surface area contributed by atoms with E-state index >= 15 is 0 Å². The molecule has 2 aromatic carbocycles. The van der Waals surface area contributed by atoms with Crippen molar-refractivity contribution in [1.29, 1.82) is 0 Å². The molecule has 2 aromatic rings. The summed E-state index contributed by atoms with van der Waals surface area (Å²) in [6, 6.07) is 18.4. The third kappa shape index (κ3) is 3.40. The van der Waals surface area contributed by atoms with Gasteiger partial charge in [-0.1, -0.05) is 73.2 Å². The molecule has 1 saturated carbocycles. The minimum Gasteiger partial charge on any atom is -0.463 e. The number of allylic oxidation sites excluding steroid dienone is 1. The molecule has 8 nitrogen and oxygen atoms in total. The van der Waals surface area contributed by atoms with Gasteiger partial charge in [0.15, 0.2) is 0 Å². The molecule has 4 atom stereocenters. The van der Waals surface area contributed by atoms with Crippen molar-refractivity contribution in [2.24, 2.45) is 35.0 Å². The average molecular weight is 527 g/mol. The SMILES string of the molecule is CCOC(=O)C1=C(C)C2[C@H]3C(=O)N(Cc4ccccc4)C(=O)[C@H]3C1(C)[C@@H]1C(=O)N(Cc3ccccc3)C(=O)[C@H]21. The Morgan fingerprint density at radius 3 is 1.59 bits per heavy atom. The van der Waals surface area contributed by atoms with Crippen LogP contribution in [0.5, 0.6) is 0 Å². The lowest BCUT2D eigenvalue weighted by Gasteiger charge is -2.55. The van der Waals surface area contributed by atoms with Crippen LogP contribution in [-0.2, 0) is 41.8 Å². The Labute approximate surface area is 226 Å². The Kier molecular flexibility index (Phi) is 5.82. The van der Waals surface area contributed by atoms with Crippen LogP contribution in [0, 0.1) is 35.0 Å². The van der Waals surface area contributed by atoms with Gasteiger partial charge in [-0.15, -0.1) is 0 Å². The lowest BCUT2D eigenvalue weighted by Crippen LogP contribution is -2.61. The Morgan fingerprint density at radius 1 is 0.744 bits per heavy atom. The van der Waals surface area contributed by atoms with Crippen molar-refractivity contribution in [2.75, 3.05) is 6.61 Å². The van der Waals surface area contributed by atoms with Gasteiger partial charge in [0.05, 0.1) is 43.4 Å². The van der Waals surface area contributed by atoms with Crippen LogP contribution in [0.25, 0.3) is 0 Å². The zero-order valence-electron chi connectivity index (χ0n) is 22.1. The predicted octanol–water partition coefficient (Wildman–Crippen LogP) is 3.12. The molecule has 8 heteroatoms. The molecule has 5 aliphatic rings. The second-order valence-electron chi connectivity index (χ2n) is 11.1. The standard InChI is InChI=1S/C31H30N2O6/c1-4-39-30(38)23-17(2)20-21-24(28(36)32(26(21)34)15-18-11-7-5-8-12-18)31(23,3)25-22(20)27(35)33(29(25)37)16-19-13-9-6-10-14-19/h5-14,20-22,24-25H,4,15-16H2,1-3H3/t20?,21-,22-,24+,25+,31?/m1/s1. The Balaban J connectivity index is 1.47. The number of carbonyl (C=O) groups is 5. The van der Waals surface area contributed by atoms with E-state index in [4.69, 9.17) is 4.74 Å². The number of imide groups is 2. The van der Waals surface area contributed by atoms with E-state index in [1.54, 1.807) is 20.8 Å². The van der Waals surface area contributed by atoms with Crippen LogP contribution in [0.1, 0.15) is 31.9 Å². The maximum absolute atomic E-state index is 14.1. The third-order valence-corrected chi connectivity index (χ3v) is 9.23. The van der Waals surface area contributed by atoms with Crippen LogP contribution in [0.2, 0.25) is 0 Å². The summed E-state index contributed by atoms with van der Waals surface area (Å²) in [6.45, 7) is 5.47. The fraction of sp³-hybridized carbons (Fsp3) is 0.387. The topological polar surface area (TPSA) is 101 Å². The highest BCUT2D eigenvalue weighted by molar-refractivity contribution is 6.13. The van der Waals surface area contributed by atoms with Gasteiger partial charge in [-0.2, -0.15) is 0 Å². The smallest absolute Gasteiger partial charge is 0.334 e. The molecule has 0 aromatic heterocycles. The van der Waals surface area contributed by atoms with E-state index < -0.39 is 52.8 Å². The fourth-order valence-electron chi connectivity index (χ4n) is 7.77.